The third-order valence-corrected chi connectivity index (χ3v) is 2.75. The maximum atomic E-state index is 9.02. The molecule has 0 aliphatic carbocycles. The fraction of sp³-hybridized carbons (Fsp3) is 0.308. The molecule has 0 atom stereocenters. The molecule has 0 bridgehead atoms. The van der Waals surface area contributed by atoms with Gasteiger partial charge in [-0.3, -0.25) is 0 Å². The molecule has 0 spiro atoms. The maximum Gasteiger partial charge on any atom is 0.203 e. The first-order valence-corrected chi connectivity index (χ1v) is 5.68. The van der Waals surface area contributed by atoms with Crippen LogP contribution in [0.1, 0.15) is 5.82 Å². The van der Waals surface area contributed by atoms with E-state index in [1.54, 1.807) is 27.5 Å². The number of hydrogen-bond donors (Lipinski definition) is 2. The summed E-state index contributed by atoms with van der Waals surface area (Å²) in [5.74, 6) is 2.17. The Balaban J connectivity index is 2.51. The van der Waals surface area contributed by atoms with E-state index >= 15 is 0 Å². The molecule has 0 amide bonds. The molecule has 1 aromatic heterocycles. The minimum atomic E-state index is -0.134. The number of benzene rings is 1. The number of aliphatic hydroxyl groups is 1. The van der Waals surface area contributed by atoms with Gasteiger partial charge in [0.25, 0.3) is 0 Å². The first kappa shape index (κ1) is 13.2. The van der Waals surface area contributed by atoms with E-state index in [-0.39, 0.29) is 6.61 Å². The molecule has 0 radical (unpaired) electrons. The summed E-state index contributed by atoms with van der Waals surface area (Å²) in [6, 6.07) is 3.63. The third-order valence-electron chi connectivity index (χ3n) is 2.75. The van der Waals surface area contributed by atoms with Gasteiger partial charge in [0.15, 0.2) is 11.5 Å². The van der Waals surface area contributed by atoms with Crippen molar-refractivity contribution in [2.45, 2.75) is 6.61 Å². The molecule has 2 rings (SSSR count). The van der Waals surface area contributed by atoms with Gasteiger partial charge in [-0.15, -0.1) is 0 Å². The lowest BCUT2D eigenvalue weighted by Crippen LogP contribution is -1.95. The molecule has 1 heterocycles. The highest BCUT2D eigenvalue weighted by Gasteiger charge is 2.15. The molecule has 0 unspecified atom stereocenters. The standard InChI is InChI=1S/C13H16N2O4/c1-17-10-4-8(5-11(18-2)13(10)19-3)9-6-14-12(7-16)15-9/h4-6,16H,7H2,1-3H3,(H,14,15). The zero-order valence-electron chi connectivity index (χ0n) is 11.1. The van der Waals surface area contributed by atoms with Crippen molar-refractivity contribution in [1.29, 1.82) is 0 Å². The zero-order chi connectivity index (χ0) is 13.8. The summed E-state index contributed by atoms with van der Waals surface area (Å²) in [6.07, 6.45) is 1.65. The number of hydrogen-bond acceptors (Lipinski definition) is 5. The van der Waals surface area contributed by atoms with Gasteiger partial charge in [0.05, 0.1) is 33.2 Å². The maximum absolute atomic E-state index is 9.02. The van der Waals surface area contributed by atoms with Crippen molar-refractivity contribution in [3.8, 4) is 28.5 Å². The smallest absolute Gasteiger partial charge is 0.203 e. The highest BCUT2D eigenvalue weighted by Crippen LogP contribution is 2.40. The Morgan fingerprint density at radius 1 is 1.11 bits per heavy atom. The minimum Gasteiger partial charge on any atom is -0.493 e. The predicted molar refractivity (Wildman–Crippen MR) is 69.6 cm³/mol. The monoisotopic (exact) mass is 264 g/mol. The highest BCUT2D eigenvalue weighted by atomic mass is 16.5. The molecule has 0 saturated heterocycles. The van der Waals surface area contributed by atoms with E-state index in [0.29, 0.717) is 23.1 Å². The number of nitrogens with one attached hydrogen (secondary N) is 1. The normalized spacial score (nSPS) is 10.3. The van der Waals surface area contributed by atoms with Crippen LogP contribution < -0.4 is 14.2 Å². The Hall–Kier alpha value is -2.21. The molecule has 0 aliphatic rings. The Morgan fingerprint density at radius 3 is 2.16 bits per heavy atom. The second kappa shape index (κ2) is 5.62. The van der Waals surface area contributed by atoms with Gasteiger partial charge < -0.3 is 24.3 Å². The van der Waals surface area contributed by atoms with Crippen molar-refractivity contribution in [1.82, 2.24) is 9.97 Å². The lowest BCUT2D eigenvalue weighted by Gasteiger charge is -2.13. The van der Waals surface area contributed by atoms with E-state index in [1.807, 2.05) is 12.1 Å². The quantitative estimate of drug-likeness (QED) is 0.857. The molecule has 19 heavy (non-hydrogen) atoms. The lowest BCUT2D eigenvalue weighted by atomic mass is 10.1. The summed E-state index contributed by atoms with van der Waals surface area (Å²) in [5, 5.41) is 9.02. The number of aromatic nitrogens is 2. The van der Waals surface area contributed by atoms with Gasteiger partial charge >= 0.3 is 0 Å². The van der Waals surface area contributed by atoms with E-state index < -0.39 is 0 Å². The van der Waals surface area contributed by atoms with E-state index in [2.05, 4.69) is 9.97 Å². The lowest BCUT2D eigenvalue weighted by molar-refractivity contribution is 0.272. The number of H-pyrrole nitrogens is 1. The van der Waals surface area contributed by atoms with E-state index in [9.17, 15) is 0 Å². The number of methoxy groups -OCH3 is 3. The average Bonchev–Trinajstić information content (AvgIpc) is 2.94. The predicted octanol–water partition coefficient (Wildman–Crippen LogP) is 1.59. The van der Waals surface area contributed by atoms with Crippen molar-refractivity contribution in [2.24, 2.45) is 0 Å². The van der Waals surface area contributed by atoms with Crippen LogP contribution in [-0.2, 0) is 6.61 Å². The SMILES string of the molecule is COc1cc(-c2cnc(CO)[nH]2)cc(OC)c1OC. The molecule has 1 aromatic carbocycles. The average molecular weight is 264 g/mol. The van der Waals surface area contributed by atoms with Crippen LogP contribution in [0.2, 0.25) is 0 Å². The van der Waals surface area contributed by atoms with Gasteiger partial charge in [0.1, 0.15) is 12.4 Å². The van der Waals surface area contributed by atoms with Crippen LogP contribution in [0.15, 0.2) is 18.3 Å². The molecular weight excluding hydrogens is 248 g/mol. The van der Waals surface area contributed by atoms with Crippen LogP contribution in [0.5, 0.6) is 17.2 Å². The fourth-order valence-corrected chi connectivity index (χ4v) is 1.83. The second-order valence-corrected chi connectivity index (χ2v) is 3.82. The topological polar surface area (TPSA) is 76.6 Å². The summed E-state index contributed by atoms with van der Waals surface area (Å²) in [6.45, 7) is -0.134. The Labute approximate surface area is 111 Å². The summed E-state index contributed by atoms with van der Waals surface area (Å²) >= 11 is 0. The van der Waals surface area contributed by atoms with Crippen molar-refractivity contribution in [3.63, 3.8) is 0 Å². The van der Waals surface area contributed by atoms with Gasteiger partial charge in [0, 0.05) is 5.56 Å². The number of ether oxygens (including phenoxy) is 3. The van der Waals surface area contributed by atoms with E-state index in [4.69, 9.17) is 19.3 Å². The van der Waals surface area contributed by atoms with Gasteiger partial charge in [-0.2, -0.15) is 0 Å². The molecule has 0 aliphatic heterocycles. The van der Waals surface area contributed by atoms with Crippen LogP contribution >= 0.6 is 0 Å². The van der Waals surface area contributed by atoms with Crippen molar-refractivity contribution < 1.29 is 19.3 Å². The van der Waals surface area contributed by atoms with E-state index in [0.717, 1.165) is 11.3 Å². The Morgan fingerprint density at radius 2 is 1.74 bits per heavy atom. The first-order valence-electron chi connectivity index (χ1n) is 5.68. The number of imidazole rings is 1. The second-order valence-electron chi connectivity index (χ2n) is 3.82. The van der Waals surface area contributed by atoms with E-state index in [1.165, 1.54) is 0 Å². The summed E-state index contributed by atoms with van der Waals surface area (Å²) in [7, 11) is 4.68. The van der Waals surface area contributed by atoms with Crippen molar-refractivity contribution in [2.75, 3.05) is 21.3 Å². The number of aliphatic hydroxyl groups excluding tert-OH is 1. The highest BCUT2D eigenvalue weighted by molar-refractivity contribution is 5.68. The van der Waals surface area contributed by atoms with Crippen LogP contribution in [0, 0.1) is 0 Å². The summed E-state index contributed by atoms with van der Waals surface area (Å²) in [5.41, 5.74) is 1.60. The number of rotatable bonds is 5. The van der Waals surface area contributed by atoms with Gasteiger partial charge in [0.2, 0.25) is 5.75 Å². The molecular formula is C13H16N2O4. The van der Waals surface area contributed by atoms with Crippen LogP contribution in [-0.4, -0.2) is 36.4 Å². The molecule has 102 valence electrons. The minimum absolute atomic E-state index is 0.134. The van der Waals surface area contributed by atoms with Crippen LogP contribution in [0.4, 0.5) is 0 Å². The third kappa shape index (κ3) is 2.48. The largest absolute Gasteiger partial charge is 0.493 e. The number of aromatic amines is 1. The molecule has 6 nitrogen and oxygen atoms in total. The summed E-state index contributed by atoms with van der Waals surface area (Å²) < 4.78 is 15.8. The molecule has 2 N–H and O–H groups in total. The van der Waals surface area contributed by atoms with Crippen LogP contribution in [0.3, 0.4) is 0 Å². The molecule has 6 heteroatoms. The van der Waals surface area contributed by atoms with Gasteiger partial charge in [-0.25, -0.2) is 4.98 Å². The van der Waals surface area contributed by atoms with Gasteiger partial charge in [-0.1, -0.05) is 0 Å². The Kier molecular flexibility index (Phi) is 3.91. The Bertz CT molecular complexity index is 541. The van der Waals surface area contributed by atoms with Crippen LogP contribution in [0.25, 0.3) is 11.3 Å². The first-order chi connectivity index (χ1) is 9.23. The zero-order valence-corrected chi connectivity index (χ0v) is 11.1. The van der Waals surface area contributed by atoms with Gasteiger partial charge in [-0.05, 0) is 12.1 Å². The molecule has 0 fully saturated rings. The molecule has 0 saturated carbocycles. The van der Waals surface area contributed by atoms with Crippen molar-refractivity contribution in [3.05, 3.63) is 24.2 Å². The molecule has 2 aromatic rings. The number of nitrogens with zero attached hydrogens (tertiary/aromatic N) is 1. The fourth-order valence-electron chi connectivity index (χ4n) is 1.83. The summed E-state index contributed by atoms with van der Waals surface area (Å²) in [4.78, 5) is 7.05. The van der Waals surface area contributed by atoms with Crippen molar-refractivity contribution >= 4 is 0 Å².